The summed E-state index contributed by atoms with van der Waals surface area (Å²) in [5.41, 5.74) is 14.4. The summed E-state index contributed by atoms with van der Waals surface area (Å²) < 4.78 is 0. The summed E-state index contributed by atoms with van der Waals surface area (Å²) in [6.07, 6.45) is 13.2. The molecule has 0 spiro atoms. The zero-order valence-electron chi connectivity index (χ0n) is 26.3. The summed E-state index contributed by atoms with van der Waals surface area (Å²) >= 11 is 0. The Hall–Kier alpha value is -5.08. The van der Waals surface area contributed by atoms with E-state index in [2.05, 4.69) is 169 Å². The van der Waals surface area contributed by atoms with E-state index in [0.29, 0.717) is 11.8 Å². The van der Waals surface area contributed by atoms with E-state index in [1.807, 2.05) is 0 Å². The molecule has 2 heteroatoms. The number of anilines is 4. The van der Waals surface area contributed by atoms with Crippen molar-refractivity contribution < 1.29 is 0 Å². The van der Waals surface area contributed by atoms with Crippen LogP contribution < -0.4 is 9.80 Å². The first-order chi connectivity index (χ1) is 22.7. The van der Waals surface area contributed by atoms with E-state index in [1.54, 1.807) is 0 Å². The fourth-order valence-electron chi connectivity index (χ4n) is 7.84. The Bertz CT molecular complexity index is 1980. The molecule has 2 fully saturated rings. The number of benzene rings is 5. The van der Waals surface area contributed by atoms with Crippen molar-refractivity contribution in [1.82, 2.24) is 0 Å². The van der Waals surface area contributed by atoms with Crippen LogP contribution >= 0.6 is 0 Å². The lowest BCUT2D eigenvalue weighted by molar-refractivity contribution is 0.827. The van der Waals surface area contributed by atoms with Crippen LogP contribution in [0.3, 0.4) is 0 Å². The van der Waals surface area contributed by atoms with Crippen LogP contribution in [0.2, 0.25) is 0 Å². The molecule has 4 aliphatic rings. The molecule has 0 heterocycles. The Morgan fingerprint density at radius 1 is 0.543 bits per heavy atom. The van der Waals surface area contributed by atoms with Crippen molar-refractivity contribution in [1.29, 1.82) is 0 Å². The summed E-state index contributed by atoms with van der Waals surface area (Å²) in [5, 5.41) is 0. The van der Waals surface area contributed by atoms with Gasteiger partial charge in [-0.15, -0.1) is 0 Å². The zero-order valence-corrected chi connectivity index (χ0v) is 26.3. The molecule has 0 aromatic heterocycles. The smallest absolute Gasteiger partial charge is 0.0460 e. The van der Waals surface area contributed by atoms with E-state index in [0.717, 1.165) is 11.8 Å². The third-order valence-corrected chi connectivity index (χ3v) is 10.6. The lowest BCUT2D eigenvalue weighted by Crippen LogP contribution is -2.20. The first-order valence-corrected chi connectivity index (χ1v) is 16.8. The molecule has 4 atom stereocenters. The SMILES string of the molecule is CN(c1ccc(N(C2=CC=C(c3ccccc3)C3CC23)c2ccc(-c3ccccc3)cc2)cc1)c1ccc2c(c1)C=CCC1CC21. The summed E-state index contributed by atoms with van der Waals surface area (Å²) in [7, 11) is 2.19. The maximum Gasteiger partial charge on any atom is 0.0460 e. The Morgan fingerprint density at radius 3 is 1.91 bits per heavy atom. The predicted octanol–water partition coefficient (Wildman–Crippen LogP) is 11.4. The highest BCUT2D eigenvalue weighted by Crippen LogP contribution is 2.57. The molecule has 0 N–H and O–H groups in total. The van der Waals surface area contributed by atoms with E-state index in [9.17, 15) is 0 Å². The molecule has 4 aliphatic carbocycles. The number of fused-ring (bicyclic) bond motifs is 4. The standard InChI is InChI=1S/C44H38N2/c1-45(38-23-24-40-33(27-38)13-8-14-34-28-41(34)40)35-19-21-37(22-20-35)46(36-17-15-31(16-18-36)30-9-4-2-5-10-30)44-26-25-39(42-29-43(42)44)32-11-6-3-7-12-32/h2-13,15-27,34,41-43H,14,28-29H2,1H3. The highest BCUT2D eigenvalue weighted by molar-refractivity contribution is 5.80. The van der Waals surface area contributed by atoms with Crippen LogP contribution in [0.15, 0.2) is 151 Å². The molecule has 0 radical (unpaired) electrons. The Labute approximate surface area is 272 Å². The normalized spacial score (nSPS) is 21.9. The number of nitrogens with zero attached hydrogens (tertiary/aromatic N) is 2. The third kappa shape index (κ3) is 4.90. The van der Waals surface area contributed by atoms with Gasteiger partial charge in [0.1, 0.15) is 0 Å². The molecule has 5 aromatic carbocycles. The van der Waals surface area contributed by atoms with Gasteiger partial charge in [-0.25, -0.2) is 0 Å². The van der Waals surface area contributed by atoms with Crippen molar-refractivity contribution in [3.63, 3.8) is 0 Å². The lowest BCUT2D eigenvalue weighted by atomic mass is 9.94. The van der Waals surface area contributed by atoms with E-state index in [-0.39, 0.29) is 0 Å². The van der Waals surface area contributed by atoms with E-state index >= 15 is 0 Å². The maximum absolute atomic E-state index is 2.49. The van der Waals surface area contributed by atoms with E-state index in [4.69, 9.17) is 0 Å². The van der Waals surface area contributed by atoms with Gasteiger partial charge in [0.25, 0.3) is 0 Å². The minimum atomic E-state index is 0.523. The van der Waals surface area contributed by atoms with Gasteiger partial charge in [0.15, 0.2) is 0 Å². The van der Waals surface area contributed by atoms with Crippen LogP contribution in [-0.4, -0.2) is 7.05 Å². The van der Waals surface area contributed by atoms with Crippen LogP contribution in [0.5, 0.6) is 0 Å². The number of hydrogen-bond donors (Lipinski definition) is 0. The molecule has 0 aliphatic heterocycles. The molecule has 2 saturated carbocycles. The molecule has 224 valence electrons. The minimum absolute atomic E-state index is 0.523. The molecule has 9 rings (SSSR count). The van der Waals surface area contributed by atoms with Gasteiger partial charge in [-0.05, 0) is 125 Å². The molecular formula is C44H38N2. The molecular weight excluding hydrogens is 556 g/mol. The second kappa shape index (κ2) is 11.1. The van der Waals surface area contributed by atoms with Gasteiger partial charge in [0, 0.05) is 41.4 Å². The van der Waals surface area contributed by atoms with Crippen molar-refractivity contribution in [2.24, 2.45) is 17.8 Å². The topological polar surface area (TPSA) is 6.48 Å². The minimum Gasteiger partial charge on any atom is -0.345 e. The van der Waals surface area contributed by atoms with Crippen LogP contribution in [-0.2, 0) is 0 Å². The largest absolute Gasteiger partial charge is 0.345 e. The van der Waals surface area contributed by atoms with Crippen molar-refractivity contribution in [3.8, 4) is 11.1 Å². The summed E-state index contributed by atoms with van der Waals surface area (Å²) in [6.45, 7) is 0. The molecule has 2 nitrogen and oxygen atoms in total. The quantitative estimate of drug-likeness (QED) is 0.185. The van der Waals surface area contributed by atoms with Gasteiger partial charge in [-0.2, -0.15) is 0 Å². The fraction of sp³-hybridized carbons (Fsp3) is 0.182. The molecule has 4 unspecified atom stereocenters. The number of rotatable bonds is 7. The summed E-state index contributed by atoms with van der Waals surface area (Å²) in [4.78, 5) is 4.80. The van der Waals surface area contributed by atoms with Gasteiger partial charge in [-0.1, -0.05) is 97.1 Å². The van der Waals surface area contributed by atoms with Crippen LogP contribution in [0, 0.1) is 17.8 Å². The average Bonchev–Trinajstić information content (AvgIpc) is 4.05. The summed E-state index contributed by atoms with van der Waals surface area (Å²) in [6, 6.07) is 46.8. The third-order valence-electron chi connectivity index (χ3n) is 10.6. The van der Waals surface area contributed by atoms with Gasteiger partial charge in [0.2, 0.25) is 0 Å². The molecule has 0 bridgehead atoms. The first-order valence-electron chi connectivity index (χ1n) is 16.8. The van der Waals surface area contributed by atoms with Crippen molar-refractivity contribution in [2.45, 2.75) is 25.2 Å². The lowest BCUT2D eigenvalue weighted by Gasteiger charge is -2.31. The van der Waals surface area contributed by atoms with Gasteiger partial charge < -0.3 is 9.80 Å². The summed E-state index contributed by atoms with van der Waals surface area (Å²) in [5.74, 6) is 2.72. The predicted molar refractivity (Wildman–Crippen MR) is 194 cm³/mol. The number of hydrogen-bond acceptors (Lipinski definition) is 2. The molecule has 0 amide bonds. The zero-order chi connectivity index (χ0) is 30.6. The molecule has 5 aromatic rings. The molecule has 0 saturated heterocycles. The molecule has 46 heavy (non-hydrogen) atoms. The second-order valence-corrected chi connectivity index (χ2v) is 13.4. The van der Waals surface area contributed by atoms with E-state index in [1.165, 1.54) is 81.1 Å². The van der Waals surface area contributed by atoms with Gasteiger partial charge in [-0.3, -0.25) is 0 Å². The average molecular weight is 595 g/mol. The van der Waals surface area contributed by atoms with Crippen molar-refractivity contribution >= 4 is 34.4 Å². The highest BCUT2D eigenvalue weighted by atomic mass is 15.2. The van der Waals surface area contributed by atoms with E-state index < -0.39 is 0 Å². The second-order valence-electron chi connectivity index (χ2n) is 13.4. The Kier molecular flexibility index (Phi) is 6.56. The Balaban J connectivity index is 1.05. The van der Waals surface area contributed by atoms with Crippen molar-refractivity contribution in [3.05, 3.63) is 168 Å². The Morgan fingerprint density at radius 2 is 1.17 bits per heavy atom. The highest BCUT2D eigenvalue weighted by Gasteiger charge is 2.46. The van der Waals surface area contributed by atoms with Crippen LogP contribution in [0.4, 0.5) is 22.7 Å². The van der Waals surface area contributed by atoms with Gasteiger partial charge in [0.05, 0.1) is 0 Å². The first kappa shape index (κ1) is 27.2. The van der Waals surface area contributed by atoms with Gasteiger partial charge >= 0.3 is 0 Å². The monoisotopic (exact) mass is 594 g/mol. The van der Waals surface area contributed by atoms with Crippen LogP contribution in [0.1, 0.15) is 41.9 Å². The van der Waals surface area contributed by atoms with Crippen LogP contribution in [0.25, 0.3) is 22.8 Å². The maximum atomic E-state index is 2.49. The number of allylic oxidation sites excluding steroid dienone is 5. The fourth-order valence-corrected chi connectivity index (χ4v) is 7.84. The van der Waals surface area contributed by atoms with Crippen molar-refractivity contribution in [2.75, 3.05) is 16.8 Å².